The van der Waals surface area contributed by atoms with Gasteiger partial charge in [-0.05, 0) is 36.2 Å². The minimum Gasteiger partial charge on any atom is -0.733 e. The first-order valence-corrected chi connectivity index (χ1v) is 9.25. The molecule has 4 rings (SSSR count). The quantitative estimate of drug-likeness (QED) is 0.517. The van der Waals surface area contributed by atoms with Crippen molar-refractivity contribution in [2.45, 2.75) is 25.1 Å². The van der Waals surface area contributed by atoms with Crippen LogP contribution in [0.15, 0.2) is 53.1 Å². The summed E-state index contributed by atoms with van der Waals surface area (Å²) in [6.07, 6.45) is -0.143. The number of likely N-dealkylation sites (tertiary alicyclic amines) is 1. The number of aliphatic hydroxyl groups is 1. The lowest BCUT2D eigenvalue weighted by atomic mass is 10.1. The summed E-state index contributed by atoms with van der Waals surface area (Å²) >= 11 is 0. The van der Waals surface area contributed by atoms with Crippen LogP contribution >= 0.6 is 0 Å². The Balaban J connectivity index is 1.54. The van der Waals surface area contributed by atoms with Crippen LogP contribution in [0.2, 0.25) is 0 Å². The predicted molar refractivity (Wildman–Crippen MR) is 105 cm³/mol. The van der Waals surface area contributed by atoms with Crippen LogP contribution in [-0.4, -0.2) is 49.1 Å². The third-order valence-corrected chi connectivity index (χ3v) is 5.02. The topological polar surface area (TPSA) is 146 Å². The first-order valence-electron chi connectivity index (χ1n) is 9.25. The molecule has 1 fully saturated rings. The van der Waals surface area contributed by atoms with Crippen molar-refractivity contribution in [1.82, 2.24) is 15.0 Å². The van der Waals surface area contributed by atoms with Crippen molar-refractivity contribution in [1.29, 1.82) is 0 Å². The van der Waals surface area contributed by atoms with Crippen molar-refractivity contribution >= 4 is 11.7 Å². The minimum atomic E-state index is -0.986. The van der Waals surface area contributed by atoms with Crippen LogP contribution in [0, 0.1) is 5.21 Å². The van der Waals surface area contributed by atoms with Gasteiger partial charge < -0.3 is 25.2 Å². The highest BCUT2D eigenvalue weighted by Gasteiger charge is 2.36. The molecule has 3 aromatic rings. The van der Waals surface area contributed by atoms with E-state index in [1.54, 1.807) is 24.3 Å². The van der Waals surface area contributed by atoms with Gasteiger partial charge in [0.15, 0.2) is 0 Å². The number of anilines is 1. The number of β-amino-alcohol motifs (C(OH)–C–C–N with tert-alkyl or cyclic N) is 1. The lowest BCUT2D eigenvalue weighted by molar-refractivity contribution is 0.0697. The number of aliphatic hydroxyl groups excluding tert-OH is 1. The zero-order valence-electron chi connectivity index (χ0n) is 15.8. The molecule has 30 heavy (non-hydrogen) atoms. The van der Waals surface area contributed by atoms with E-state index in [9.17, 15) is 15.1 Å². The Bertz CT molecular complexity index is 1040. The normalized spacial score (nSPS) is 19.2. The molecule has 1 saturated heterocycles. The number of aromatic carboxylic acids is 1. The van der Waals surface area contributed by atoms with Crippen LogP contribution in [0.25, 0.3) is 11.4 Å². The molecule has 2 unspecified atom stereocenters. The maximum Gasteiger partial charge on any atom is 0.335 e. The summed E-state index contributed by atoms with van der Waals surface area (Å²) < 4.78 is 5.42. The zero-order valence-corrected chi connectivity index (χ0v) is 15.8. The van der Waals surface area contributed by atoms with Gasteiger partial charge in [0.1, 0.15) is 0 Å². The van der Waals surface area contributed by atoms with E-state index in [1.807, 2.05) is 4.90 Å². The van der Waals surface area contributed by atoms with Crippen molar-refractivity contribution in [3.8, 4) is 11.4 Å². The number of hydrogen-bond acceptors (Lipinski definition) is 9. The van der Waals surface area contributed by atoms with Gasteiger partial charge in [0.2, 0.25) is 11.7 Å². The number of rotatable bonds is 6. The fraction of sp³-hybridized carbons (Fsp3) is 0.250. The van der Waals surface area contributed by atoms with E-state index in [1.165, 1.54) is 24.3 Å². The van der Waals surface area contributed by atoms with Gasteiger partial charge in [-0.25, -0.2) is 4.79 Å². The molecule has 0 saturated carbocycles. The van der Waals surface area contributed by atoms with Gasteiger partial charge in [0.25, 0.3) is 0 Å². The molecular formula is C20H19N4O6-. The maximum atomic E-state index is 11.1. The van der Waals surface area contributed by atoms with Crippen molar-refractivity contribution in [3.63, 3.8) is 0 Å². The number of carboxylic acids is 1. The van der Waals surface area contributed by atoms with E-state index in [0.29, 0.717) is 31.0 Å². The summed E-state index contributed by atoms with van der Waals surface area (Å²) in [7, 11) is 0. The summed E-state index contributed by atoms with van der Waals surface area (Å²) in [6, 6.07) is 12.4. The molecule has 0 radical (unpaired) electrons. The molecule has 156 valence electrons. The van der Waals surface area contributed by atoms with Crippen LogP contribution in [0.5, 0.6) is 0 Å². The number of benzene rings is 2. The summed E-state index contributed by atoms with van der Waals surface area (Å²) in [5, 5.41) is 43.1. The average Bonchev–Trinajstić information content (AvgIpc) is 3.35. The fourth-order valence-corrected chi connectivity index (χ4v) is 3.55. The minimum absolute atomic E-state index is 0.0431. The molecular weight excluding hydrogens is 392 g/mol. The second kappa shape index (κ2) is 8.20. The molecule has 2 atom stereocenters. The van der Waals surface area contributed by atoms with Crippen molar-refractivity contribution in [2.75, 3.05) is 11.8 Å². The highest BCUT2D eigenvalue weighted by Crippen LogP contribution is 2.34. The number of aromatic nitrogens is 2. The van der Waals surface area contributed by atoms with Gasteiger partial charge in [0, 0.05) is 18.7 Å². The summed E-state index contributed by atoms with van der Waals surface area (Å²) in [6.45, 7) is 0.888. The average molecular weight is 411 g/mol. The van der Waals surface area contributed by atoms with E-state index >= 15 is 0 Å². The SMILES string of the molecule is O=C(O)c1ccc(CN2CC(O)CC2c2nc(-c3cccc(N([O-])O)c3)no2)cc1. The molecule has 0 bridgehead atoms. The Morgan fingerprint density at radius 3 is 2.73 bits per heavy atom. The van der Waals surface area contributed by atoms with E-state index in [-0.39, 0.29) is 28.3 Å². The van der Waals surface area contributed by atoms with E-state index in [2.05, 4.69) is 10.1 Å². The first kappa shape index (κ1) is 20.0. The lowest BCUT2D eigenvalue weighted by Crippen LogP contribution is -2.24. The predicted octanol–water partition coefficient (Wildman–Crippen LogP) is 2.44. The Kier molecular flexibility index (Phi) is 5.46. The van der Waals surface area contributed by atoms with Gasteiger partial charge in [-0.2, -0.15) is 4.98 Å². The molecule has 0 amide bonds. The van der Waals surface area contributed by atoms with Gasteiger partial charge in [-0.15, -0.1) is 0 Å². The molecule has 10 heteroatoms. The van der Waals surface area contributed by atoms with Crippen molar-refractivity contribution < 1.29 is 24.7 Å². The molecule has 10 nitrogen and oxygen atoms in total. The van der Waals surface area contributed by atoms with Gasteiger partial charge >= 0.3 is 5.97 Å². The molecule has 1 aromatic heterocycles. The monoisotopic (exact) mass is 411 g/mol. The molecule has 1 aliphatic rings. The highest BCUT2D eigenvalue weighted by atomic mass is 16.8. The third kappa shape index (κ3) is 4.16. The van der Waals surface area contributed by atoms with Crippen molar-refractivity contribution in [2.24, 2.45) is 0 Å². The Morgan fingerprint density at radius 2 is 2.03 bits per heavy atom. The molecule has 1 aliphatic heterocycles. The summed E-state index contributed by atoms with van der Waals surface area (Å²) in [5.41, 5.74) is 1.65. The smallest absolute Gasteiger partial charge is 0.335 e. The Morgan fingerprint density at radius 1 is 1.27 bits per heavy atom. The van der Waals surface area contributed by atoms with Gasteiger partial charge in [-0.3, -0.25) is 10.1 Å². The second-order valence-electron chi connectivity index (χ2n) is 7.12. The van der Waals surface area contributed by atoms with Crippen LogP contribution < -0.4 is 5.23 Å². The van der Waals surface area contributed by atoms with E-state index < -0.39 is 12.1 Å². The first-order chi connectivity index (χ1) is 14.4. The number of hydrogen-bond donors (Lipinski definition) is 3. The third-order valence-electron chi connectivity index (χ3n) is 5.02. The maximum absolute atomic E-state index is 11.1. The van der Waals surface area contributed by atoms with Crippen LogP contribution in [0.3, 0.4) is 0 Å². The lowest BCUT2D eigenvalue weighted by Gasteiger charge is -2.21. The number of nitrogens with zero attached hydrogens (tertiary/aromatic N) is 4. The Labute approximate surface area is 171 Å². The number of carbonyl (C=O) groups is 1. The standard InChI is InChI=1S/C20H19N4O6/c25-16-9-17(23(11-16)10-12-4-6-13(7-5-12)20(26)27)19-21-18(22-30-19)14-2-1-3-15(8-14)24(28)29/h1-8,16-17,25,28H,9-11H2,(H,26,27)/q-1. The Hall–Kier alpha value is -3.31. The second-order valence-corrected chi connectivity index (χ2v) is 7.12. The fourth-order valence-electron chi connectivity index (χ4n) is 3.55. The van der Waals surface area contributed by atoms with Gasteiger partial charge in [-0.1, -0.05) is 29.4 Å². The van der Waals surface area contributed by atoms with Crippen molar-refractivity contribution in [3.05, 3.63) is 70.8 Å². The van der Waals surface area contributed by atoms with Crippen LogP contribution in [-0.2, 0) is 6.54 Å². The molecule has 3 N–H and O–H groups in total. The van der Waals surface area contributed by atoms with E-state index in [4.69, 9.17) is 14.8 Å². The zero-order chi connectivity index (χ0) is 21.3. The molecule has 0 spiro atoms. The summed E-state index contributed by atoms with van der Waals surface area (Å²) in [5.74, 6) is -0.391. The molecule has 0 aliphatic carbocycles. The molecule has 2 aromatic carbocycles. The van der Waals surface area contributed by atoms with Crippen LogP contribution in [0.1, 0.15) is 34.3 Å². The van der Waals surface area contributed by atoms with E-state index in [0.717, 1.165) is 5.56 Å². The number of carboxylic acid groups (broad SMARTS) is 1. The molecule has 2 heterocycles. The largest absolute Gasteiger partial charge is 0.733 e. The van der Waals surface area contributed by atoms with Gasteiger partial charge in [0.05, 0.1) is 23.4 Å². The highest BCUT2D eigenvalue weighted by molar-refractivity contribution is 5.87. The summed E-state index contributed by atoms with van der Waals surface area (Å²) in [4.78, 5) is 17.4. The van der Waals surface area contributed by atoms with Crippen LogP contribution in [0.4, 0.5) is 5.69 Å².